The van der Waals surface area contributed by atoms with Crippen LogP contribution in [0.4, 0.5) is 5.69 Å². The van der Waals surface area contributed by atoms with Gasteiger partial charge in [-0.15, -0.1) is 11.8 Å². The van der Waals surface area contributed by atoms with Gasteiger partial charge in [-0.25, -0.2) is 0 Å². The maximum absolute atomic E-state index is 12.1. The van der Waals surface area contributed by atoms with Gasteiger partial charge in [0.15, 0.2) is 0 Å². The standard InChI is InChI=1S/C17H25NO4S/c1-4-11-22-17(20)15(5-2)23-12-16(19)18-13-9-7-8-10-14(13)21-6-3/h7-10,15H,4-6,11-12H2,1-3H3,(H,18,19). The molecule has 5 nitrogen and oxygen atoms in total. The van der Waals surface area contributed by atoms with Crippen molar-refractivity contribution in [3.63, 3.8) is 0 Å². The van der Waals surface area contributed by atoms with Crippen molar-refractivity contribution in [3.8, 4) is 5.75 Å². The summed E-state index contributed by atoms with van der Waals surface area (Å²) in [6, 6.07) is 7.29. The normalized spacial score (nSPS) is 11.6. The van der Waals surface area contributed by atoms with Crippen molar-refractivity contribution in [1.82, 2.24) is 0 Å². The molecular weight excluding hydrogens is 314 g/mol. The van der Waals surface area contributed by atoms with Crippen LogP contribution < -0.4 is 10.1 Å². The summed E-state index contributed by atoms with van der Waals surface area (Å²) in [6.07, 6.45) is 1.43. The Morgan fingerprint density at radius 2 is 1.96 bits per heavy atom. The van der Waals surface area contributed by atoms with Crippen molar-refractivity contribution in [3.05, 3.63) is 24.3 Å². The van der Waals surface area contributed by atoms with Gasteiger partial charge in [-0.3, -0.25) is 9.59 Å². The summed E-state index contributed by atoms with van der Waals surface area (Å²) in [5, 5.41) is 2.51. The summed E-state index contributed by atoms with van der Waals surface area (Å²) < 4.78 is 10.6. The van der Waals surface area contributed by atoms with E-state index >= 15 is 0 Å². The fourth-order valence-electron chi connectivity index (χ4n) is 1.86. The number of benzene rings is 1. The minimum atomic E-state index is -0.311. The van der Waals surface area contributed by atoms with Crippen molar-refractivity contribution in [2.45, 2.75) is 38.9 Å². The third kappa shape index (κ3) is 6.95. The number of esters is 1. The molecule has 0 bridgehead atoms. The van der Waals surface area contributed by atoms with E-state index in [9.17, 15) is 9.59 Å². The van der Waals surface area contributed by atoms with E-state index in [-0.39, 0.29) is 22.9 Å². The highest BCUT2D eigenvalue weighted by atomic mass is 32.2. The number of nitrogens with one attached hydrogen (secondary N) is 1. The van der Waals surface area contributed by atoms with Crippen molar-refractivity contribution in [1.29, 1.82) is 0 Å². The predicted molar refractivity (Wildman–Crippen MR) is 94.0 cm³/mol. The number of hydrogen-bond acceptors (Lipinski definition) is 5. The molecule has 1 rings (SSSR count). The third-order valence-electron chi connectivity index (χ3n) is 2.96. The van der Waals surface area contributed by atoms with Crippen LogP contribution >= 0.6 is 11.8 Å². The Balaban J connectivity index is 2.51. The van der Waals surface area contributed by atoms with Gasteiger partial charge in [0, 0.05) is 0 Å². The minimum Gasteiger partial charge on any atom is -0.492 e. The Bertz CT molecular complexity index is 507. The van der Waals surface area contributed by atoms with Gasteiger partial charge in [-0.2, -0.15) is 0 Å². The highest BCUT2D eigenvalue weighted by Gasteiger charge is 2.20. The monoisotopic (exact) mass is 339 g/mol. The SMILES string of the molecule is CCCOC(=O)C(CC)SCC(=O)Nc1ccccc1OCC. The number of para-hydroxylation sites is 2. The average molecular weight is 339 g/mol. The molecule has 1 aromatic rings. The molecule has 1 N–H and O–H groups in total. The molecule has 0 saturated carbocycles. The van der Waals surface area contributed by atoms with Crippen LogP contribution in [0.3, 0.4) is 0 Å². The maximum atomic E-state index is 12.1. The number of ether oxygens (including phenoxy) is 2. The fourth-order valence-corrected chi connectivity index (χ4v) is 2.73. The molecule has 0 spiro atoms. The Morgan fingerprint density at radius 3 is 2.61 bits per heavy atom. The molecule has 1 aromatic carbocycles. The molecule has 0 saturated heterocycles. The van der Waals surface area contributed by atoms with E-state index in [1.807, 2.05) is 39.0 Å². The minimum absolute atomic E-state index is 0.163. The lowest BCUT2D eigenvalue weighted by atomic mass is 10.3. The van der Waals surface area contributed by atoms with Gasteiger partial charge >= 0.3 is 5.97 Å². The number of amides is 1. The zero-order chi connectivity index (χ0) is 17.1. The molecule has 0 aliphatic rings. The van der Waals surface area contributed by atoms with Gasteiger partial charge in [0.2, 0.25) is 5.91 Å². The van der Waals surface area contributed by atoms with Gasteiger partial charge in [0.1, 0.15) is 11.0 Å². The number of rotatable bonds is 10. The second-order valence-electron chi connectivity index (χ2n) is 4.85. The average Bonchev–Trinajstić information content (AvgIpc) is 2.55. The quantitative estimate of drug-likeness (QED) is 0.661. The van der Waals surface area contributed by atoms with Crippen LogP contribution in [0, 0.1) is 0 Å². The highest BCUT2D eigenvalue weighted by molar-refractivity contribution is 8.01. The lowest BCUT2D eigenvalue weighted by Gasteiger charge is -2.14. The first-order valence-electron chi connectivity index (χ1n) is 7.92. The van der Waals surface area contributed by atoms with Crippen LogP contribution in [0.1, 0.15) is 33.6 Å². The molecule has 0 aromatic heterocycles. The first kappa shape index (κ1) is 19.4. The zero-order valence-corrected chi connectivity index (χ0v) is 14.8. The van der Waals surface area contributed by atoms with Crippen LogP contribution in [-0.2, 0) is 14.3 Å². The Hall–Kier alpha value is -1.69. The molecule has 0 fully saturated rings. The largest absolute Gasteiger partial charge is 0.492 e. The van der Waals surface area contributed by atoms with Gasteiger partial charge in [0.05, 0.1) is 24.7 Å². The fraction of sp³-hybridized carbons (Fsp3) is 0.529. The van der Waals surface area contributed by atoms with Gasteiger partial charge in [-0.05, 0) is 31.9 Å². The van der Waals surface area contributed by atoms with E-state index in [4.69, 9.17) is 9.47 Å². The number of hydrogen-bond donors (Lipinski definition) is 1. The number of thioether (sulfide) groups is 1. The molecule has 0 heterocycles. The summed E-state index contributed by atoms with van der Waals surface area (Å²) in [4.78, 5) is 23.9. The highest BCUT2D eigenvalue weighted by Crippen LogP contribution is 2.24. The molecule has 0 radical (unpaired) electrons. The van der Waals surface area contributed by atoms with E-state index in [0.717, 1.165) is 6.42 Å². The van der Waals surface area contributed by atoms with E-state index in [2.05, 4.69) is 5.32 Å². The molecule has 0 aliphatic heterocycles. The van der Waals surface area contributed by atoms with E-state index < -0.39 is 0 Å². The summed E-state index contributed by atoms with van der Waals surface area (Å²) in [6.45, 7) is 6.70. The number of carbonyl (C=O) groups excluding carboxylic acids is 2. The molecule has 1 unspecified atom stereocenters. The molecule has 128 valence electrons. The lowest BCUT2D eigenvalue weighted by molar-refractivity contribution is -0.143. The summed E-state index contributed by atoms with van der Waals surface area (Å²) in [5.41, 5.74) is 0.640. The maximum Gasteiger partial charge on any atom is 0.319 e. The first-order chi connectivity index (χ1) is 11.1. The summed E-state index contributed by atoms with van der Waals surface area (Å²) in [7, 11) is 0. The van der Waals surface area contributed by atoms with Gasteiger partial charge in [0.25, 0.3) is 0 Å². The van der Waals surface area contributed by atoms with Crippen molar-refractivity contribution >= 4 is 29.3 Å². The molecule has 1 amide bonds. The molecular formula is C17H25NO4S. The predicted octanol–water partition coefficient (Wildman–Crippen LogP) is 3.49. The topological polar surface area (TPSA) is 64.6 Å². The van der Waals surface area contributed by atoms with Crippen molar-refractivity contribution in [2.24, 2.45) is 0 Å². The lowest BCUT2D eigenvalue weighted by Crippen LogP contribution is -2.23. The van der Waals surface area contributed by atoms with E-state index in [1.54, 1.807) is 6.07 Å². The second-order valence-corrected chi connectivity index (χ2v) is 6.04. The third-order valence-corrected chi connectivity index (χ3v) is 4.32. The van der Waals surface area contributed by atoms with Crippen LogP contribution in [0.2, 0.25) is 0 Å². The molecule has 6 heteroatoms. The number of carbonyl (C=O) groups is 2. The summed E-state index contributed by atoms with van der Waals surface area (Å²) >= 11 is 1.30. The van der Waals surface area contributed by atoms with Crippen LogP contribution in [0.25, 0.3) is 0 Å². The van der Waals surface area contributed by atoms with E-state index in [0.29, 0.717) is 31.1 Å². The molecule has 0 aliphatic carbocycles. The molecule has 23 heavy (non-hydrogen) atoms. The van der Waals surface area contributed by atoms with Crippen LogP contribution in [0.5, 0.6) is 5.75 Å². The van der Waals surface area contributed by atoms with Crippen molar-refractivity contribution < 1.29 is 19.1 Å². The molecule has 1 atom stereocenters. The van der Waals surface area contributed by atoms with Gasteiger partial charge in [-0.1, -0.05) is 26.0 Å². The first-order valence-corrected chi connectivity index (χ1v) is 8.97. The Kier molecular flexibility index (Phi) is 9.21. The Labute approximate surface area is 142 Å². The number of anilines is 1. The van der Waals surface area contributed by atoms with Crippen LogP contribution in [-0.4, -0.2) is 36.1 Å². The van der Waals surface area contributed by atoms with E-state index in [1.165, 1.54) is 11.8 Å². The van der Waals surface area contributed by atoms with Crippen LogP contribution in [0.15, 0.2) is 24.3 Å². The van der Waals surface area contributed by atoms with Gasteiger partial charge < -0.3 is 14.8 Å². The second kappa shape index (κ2) is 10.9. The zero-order valence-electron chi connectivity index (χ0n) is 14.0. The Morgan fingerprint density at radius 1 is 1.22 bits per heavy atom. The smallest absolute Gasteiger partial charge is 0.319 e. The van der Waals surface area contributed by atoms with Crippen molar-refractivity contribution in [2.75, 3.05) is 24.3 Å². The summed E-state index contributed by atoms with van der Waals surface area (Å²) in [5.74, 6) is 0.425.